The molecule has 1 unspecified atom stereocenters. The number of hydrogen-bond acceptors (Lipinski definition) is 3. The first kappa shape index (κ1) is 12.8. The smallest absolute Gasteiger partial charge is 0.408 e. The highest BCUT2D eigenvalue weighted by atomic mass is 16.6. The molecule has 0 bridgehead atoms. The Bertz CT molecular complexity index is 207. The van der Waals surface area contributed by atoms with E-state index in [9.17, 15) is 4.79 Å². The molecule has 0 fully saturated rings. The van der Waals surface area contributed by atoms with Gasteiger partial charge in [-0.25, -0.2) is 4.79 Å². The van der Waals surface area contributed by atoms with Crippen molar-refractivity contribution in [3.05, 3.63) is 12.3 Å². The van der Waals surface area contributed by atoms with Crippen LogP contribution in [-0.4, -0.2) is 24.8 Å². The van der Waals surface area contributed by atoms with Gasteiger partial charge in [-0.2, -0.15) is 0 Å². The van der Waals surface area contributed by atoms with E-state index in [0.29, 0.717) is 0 Å². The number of carbonyl (C=O) groups excluding carboxylic acids is 1. The summed E-state index contributed by atoms with van der Waals surface area (Å²) in [7, 11) is 1.80. The van der Waals surface area contributed by atoms with Gasteiger partial charge in [-0.1, -0.05) is 0 Å². The van der Waals surface area contributed by atoms with Crippen molar-refractivity contribution in [2.45, 2.75) is 39.3 Å². The summed E-state index contributed by atoms with van der Waals surface area (Å²) in [6.07, 6.45) is 3.21. The summed E-state index contributed by atoms with van der Waals surface area (Å²) >= 11 is 0. The van der Waals surface area contributed by atoms with Crippen molar-refractivity contribution < 1.29 is 9.53 Å². The Morgan fingerprint density at radius 2 is 2.00 bits per heavy atom. The van der Waals surface area contributed by atoms with Crippen molar-refractivity contribution in [1.82, 2.24) is 10.6 Å². The average Bonchev–Trinajstić information content (AvgIpc) is 1.96. The minimum absolute atomic E-state index is 0.0442. The molecule has 82 valence electrons. The van der Waals surface area contributed by atoms with E-state index in [4.69, 9.17) is 4.74 Å². The maximum absolute atomic E-state index is 11.2. The third-order valence-corrected chi connectivity index (χ3v) is 1.30. The van der Waals surface area contributed by atoms with Crippen molar-refractivity contribution in [1.29, 1.82) is 0 Å². The molecule has 0 aromatic carbocycles. The van der Waals surface area contributed by atoms with E-state index in [1.165, 1.54) is 0 Å². The van der Waals surface area contributed by atoms with Crippen LogP contribution in [0.2, 0.25) is 0 Å². The lowest BCUT2D eigenvalue weighted by molar-refractivity contribution is 0.0518. The molecule has 1 atom stereocenters. The highest BCUT2D eigenvalue weighted by Gasteiger charge is 2.16. The number of ether oxygens (including phenoxy) is 1. The van der Waals surface area contributed by atoms with Crippen LogP contribution < -0.4 is 10.6 Å². The van der Waals surface area contributed by atoms with Crippen molar-refractivity contribution in [3.8, 4) is 0 Å². The van der Waals surface area contributed by atoms with Gasteiger partial charge in [-0.3, -0.25) is 0 Å². The number of hydrogen-bond donors (Lipinski definition) is 2. The van der Waals surface area contributed by atoms with Gasteiger partial charge < -0.3 is 15.4 Å². The molecule has 0 aromatic rings. The second-order valence-electron chi connectivity index (χ2n) is 4.08. The quantitative estimate of drug-likeness (QED) is 0.728. The summed E-state index contributed by atoms with van der Waals surface area (Å²) in [4.78, 5) is 11.2. The van der Waals surface area contributed by atoms with Crippen molar-refractivity contribution >= 4 is 6.09 Å². The molecule has 0 aliphatic heterocycles. The normalized spacial score (nSPS) is 13.8. The fraction of sp³-hybridized carbons (Fsp3) is 0.700. The number of rotatable bonds is 3. The molecular weight excluding hydrogens is 180 g/mol. The largest absolute Gasteiger partial charge is 0.444 e. The Hall–Kier alpha value is -1.19. The predicted molar refractivity (Wildman–Crippen MR) is 57.0 cm³/mol. The third kappa shape index (κ3) is 7.46. The standard InChI is InChI=1S/C10H20N2O2/c1-8(6-7-11-5)12-9(13)14-10(2,3)4/h6-8,11H,1-5H3,(H,12,13)/b7-6-. The lowest BCUT2D eigenvalue weighted by atomic mass is 10.2. The molecule has 0 aliphatic carbocycles. The van der Waals surface area contributed by atoms with Crippen LogP contribution in [0.4, 0.5) is 4.79 Å². The van der Waals surface area contributed by atoms with Crippen LogP contribution in [0.3, 0.4) is 0 Å². The molecular formula is C10H20N2O2. The lowest BCUT2D eigenvalue weighted by Crippen LogP contribution is -2.36. The van der Waals surface area contributed by atoms with Gasteiger partial charge in [-0.15, -0.1) is 0 Å². The second kappa shape index (κ2) is 5.52. The van der Waals surface area contributed by atoms with E-state index in [2.05, 4.69) is 10.6 Å². The van der Waals surface area contributed by atoms with E-state index < -0.39 is 11.7 Å². The van der Waals surface area contributed by atoms with E-state index in [1.807, 2.05) is 33.8 Å². The zero-order chi connectivity index (χ0) is 11.2. The molecule has 0 aliphatic rings. The maximum atomic E-state index is 11.2. The fourth-order valence-electron chi connectivity index (χ4n) is 0.782. The van der Waals surface area contributed by atoms with Gasteiger partial charge in [0.1, 0.15) is 5.60 Å². The summed E-state index contributed by atoms with van der Waals surface area (Å²) in [5, 5.41) is 5.53. The topological polar surface area (TPSA) is 50.4 Å². The van der Waals surface area contributed by atoms with Crippen LogP contribution in [-0.2, 0) is 4.74 Å². The number of nitrogens with one attached hydrogen (secondary N) is 2. The summed E-state index contributed by atoms with van der Waals surface area (Å²) in [6.45, 7) is 7.37. The third-order valence-electron chi connectivity index (χ3n) is 1.30. The Balaban J connectivity index is 3.89. The molecule has 0 aromatic heterocycles. The van der Waals surface area contributed by atoms with Crippen LogP contribution in [0.25, 0.3) is 0 Å². The Morgan fingerprint density at radius 3 is 2.43 bits per heavy atom. The lowest BCUT2D eigenvalue weighted by Gasteiger charge is -2.20. The van der Waals surface area contributed by atoms with Gasteiger partial charge in [0.15, 0.2) is 0 Å². The van der Waals surface area contributed by atoms with Crippen LogP contribution in [0, 0.1) is 0 Å². The SMILES string of the molecule is CN/C=C\C(C)NC(=O)OC(C)(C)C. The van der Waals surface area contributed by atoms with Crippen molar-refractivity contribution in [2.24, 2.45) is 0 Å². The molecule has 0 saturated carbocycles. The second-order valence-corrected chi connectivity index (χ2v) is 4.08. The van der Waals surface area contributed by atoms with Crippen LogP contribution in [0.15, 0.2) is 12.3 Å². The molecule has 0 heterocycles. The molecule has 0 radical (unpaired) electrons. The Labute approximate surface area is 85.7 Å². The van der Waals surface area contributed by atoms with Gasteiger partial charge in [0.2, 0.25) is 0 Å². The predicted octanol–water partition coefficient (Wildman–Crippen LogP) is 1.63. The fourth-order valence-corrected chi connectivity index (χ4v) is 0.782. The molecule has 2 N–H and O–H groups in total. The first-order valence-electron chi connectivity index (χ1n) is 4.68. The highest BCUT2D eigenvalue weighted by Crippen LogP contribution is 2.06. The van der Waals surface area contributed by atoms with Gasteiger partial charge in [0, 0.05) is 13.1 Å². The summed E-state index contributed by atoms with van der Waals surface area (Å²) in [5.41, 5.74) is -0.448. The van der Waals surface area contributed by atoms with Crippen LogP contribution in [0.1, 0.15) is 27.7 Å². The minimum atomic E-state index is -0.448. The van der Waals surface area contributed by atoms with E-state index in [0.717, 1.165) is 0 Å². The summed E-state index contributed by atoms with van der Waals surface area (Å²) in [6, 6.07) is -0.0442. The van der Waals surface area contributed by atoms with Crippen molar-refractivity contribution in [2.75, 3.05) is 7.05 Å². The van der Waals surface area contributed by atoms with Gasteiger partial charge in [0.25, 0.3) is 0 Å². The van der Waals surface area contributed by atoms with Gasteiger partial charge in [0.05, 0.1) is 0 Å². The first-order valence-corrected chi connectivity index (χ1v) is 4.68. The highest BCUT2D eigenvalue weighted by molar-refractivity contribution is 5.68. The molecule has 4 nitrogen and oxygen atoms in total. The molecule has 0 saturated heterocycles. The Kier molecular flexibility index (Phi) is 5.05. The molecule has 0 rings (SSSR count). The van der Waals surface area contributed by atoms with Gasteiger partial charge >= 0.3 is 6.09 Å². The van der Waals surface area contributed by atoms with Crippen molar-refractivity contribution in [3.63, 3.8) is 0 Å². The molecule has 0 spiro atoms. The van der Waals surface area contributed by atoms with E-state index >= 15 is 0 Å². The van der Waals surface area contributed by atoms with Crippen LogP contribution >= 0.6 is 0 Å². The summed E-state index contributed by atoms with van der Waals surface area (Å²) < 4.78 is 5.08. The molecule has 1 amide bonds. The number of alkyl carbamates (subject to hydrolysis) is 1. The molecule has 4 heteroatoms. The average molecular weight is 200 g/mol. The monoisotopic (exact) mass is 200 g/mol. The Morgan fingerprint density at radius 1 is 1.43 bits per heavy atom. The summed E-state index contributed by atoms with van der Waals surface area (Å²) in [5.74, 6) is 0. The van der Waals surface area contributed by atoms with Crippen LogP contribution in [0.5, 0.6) is 0 Å². The van der Waals surface area contributed by atoms with E-state index in [-0.39, 0.29) is 6.04 Å². The number of amides is 1. The number of carbonyl (C=O) groups is 1. The van der Waals surface area contributed by atoms with Gasteiger partial charge in [-0.05, 0) is 40.0 Å². The zero-order valence-electron chi connectivity index (χ0n) is 9.55. The first-order chi connectivity index (χ1) is 6.35. The molecule has 14 heavy (non-hydrogen) atoms. The maximum Gasteiger partial charge on any atom is 0.408 e. The minimum Gasteiger partial charge on any atom is -0.444 e. The zero-order valence-corrected chi connectivity index (χ0v) is 9.55. The van der Waals surface area contributed by atoms with E-state index in [1.54, 1.807) is 13.2 Å².